The largest absolute Gasteiger partial charge is 0.478 e. The number of amides is 1. The number of carbonyl (C=O) groups is 2. The molecule has 0 atom stereocenters. The molecule has 1 heterocycles. The number of carboxylic acid groups (broad SMARTS) is 1. The fourth-order valence-electron chi connectivity index (χ4n) is 3.02. The Morgan fingerprint density at radius 3 is 2.34 bits per heavy atom. The summed E-state index contributed by atoms with van der Waals surface area (Å²) in [5.41, 5.74) is 2.62. The lowest BCUT2D eigenvalue weighted by atomic mass is 10.1. The van der Waals surface area contributed by atoms with Gasteiger partial charge >= 0.3 is 5.97 Å². The fourth-order valence-corrected chi connectivity index (χ4v) is 3.79. The molecule has 4 rings (SSSR count). The third-order valence-corrected chi connectivity index (χ3v) is 5.40. The van der Waals surface area contributed by atoms with E-state index in [1.165, 1.54) is 16.2 Å². The van der Waals surface area contributed by atoms with Crippen molar-refractivity contribution in [3.63, 3.8) is 0 Å². The van der Waals surface area contributed by atoms with E-state index in [-0.39, 0.29) is 17.2 Å². The smallest absolute Gasteiger partial charge is 0.337 e. The standard InChI is InChI=1S/C24H17NO3S/c26-23(18-4-2-1-3-5-18)25-21-15-17(8-10-20(21)24(27)28)7-6-16-9-11-22-19(14-16)12-13-29-22/h1-15H,(H,25,26)(H,27,28)/b7-6+. The van der Waals surface area contributed by atoms with Gasteiger partial charge in [0.2, 0.25) is 0 Å². The van der Waals surface area contributed by atoms with Crippen LogP contribution in [0.1, 0.15) is 31.8 Å². The summed E-state index contributed by atoms with van der Waals surface area (Å²) in [4.78, 5) is 24.0. The van der Waals surface area contributed by atoms with E-state index in [2.05, 4.69) is 28.9 Å². The van der Waals surface area contributed by atoms with Crippen LogP contribution in [0.25, 0.3) is 22.2 Å². The first-order chi connectivity index (χ1) is 14.1. The second-order valence-electron chi connectivity index (χ2n) is 6.48. The molecular weight excluding hydrogens is 382 g/mol. The van der Waals surface area contributed by atoms with Gasteiger partial charge in [-0.15, -0.1) is 11.3 Å². The number of thiophene rings is 1. The Balaban J connectivity index is 1.61. The topological polar surface area (TPSA) is 66.4 Å². The summed E-state index contributed by atoms with van der Waals surface area (Å²) >= 11 is 1.70. The lowest BCUT2D eigenvalue weighted by Crippen LogP contribution is -2.14. The van der Waals surface area contributed by atoms with Crippen molar-refractivity contribution in [2.24, 2.45) is 0 Å². The minimum Gasteiger partial charge on any atom is -0.478 e. The van der Waals surface area contributed by atoms with E-state index >= 15 is 0 Å². The number of hydrogen-bond acceptors (Lipinski definition) is 3. The fraction of sp³-hybridized carbons (Fsp3) is 0. The van der Waals surface area contributed by atoms with E-state index in [1.54, 1.807) is 47.7 Å². The maximum Gasteiger partial charge on any atom is 0.337 e. The van der Waals surface area contributed by atoms with Gasteiger partial charge in [0.1, 0.15) is 0 Å². The maximum atomic E-state index is 12.5. The van der Waals surface area contributed by atoms with Gasteiger partial charge in [-0.25, -0.2) is 4.79 Å². The molecule has 1 aromatic heterocycles. The summed E-state index contributed by atoms with van der Waals surface area (Å²) in [5.74, 6) is -1.44. The van der Waals surface area contributed by atoms with Crippen molar-refractivity contribution in [2.75, 3.05) is 5.32 Å². The van der Waals surface area contributed by atoms with Crippen molar-refractivity contribution >= 4 is 51.1 Å². The van der Waals surface area contributed by atoms with Gasteiger partial charge in [0.25, 0.3) is 5.91 Å². The summed E-state index contributed by atoms with van der Waals surface area (Å²) in [6.07, 6.45) is 3.87. The first-order valence-corrected chi connectivity index (χ1v) is 9.87. The highest BCUT2D eigenvalue weighted by Gasteiger charge is 2.14. The Labute approximate surface area is 171 Å². The molecule has 3 aromatic carbocycles. The molecule has 0 radical (unpaired) electrons. The van der Waals surface area contributed by atoms with Gasteiger partial charge in [-0.05, 0) is 64.4 Å². The van der Waals surface area contributed by atoms with Gasteiger partial charge in [-0.1, -0.05) is 42.5 Å². The number of fused-ring (bicyclic) bond motifs is 1. The van der Waals surface area contributed by atoms with Crippen LogP contribution in [-0.2, 0) is 0 Å². The molecule has 2 N–H and O–H groups in total. The number of benzene rings is 3. The van der Waals surface area contributed by atoms with E-state index in [0.29, 0.717) is 5.56 Å². The zero-order valence-corrected chi connectivity index (χ0v) is 16.1. The SMILES string of the molecule is O=C(Nc1cc(/C=C/c2ccc3sccc3c2)ccc1C(=O)O)c1ccccc1. The van der Waals surface area contributed by atoms with Crippen LogP contribution in [0.2, 0.25) is 0 Å². The summed E-state index contributed by atoms with van der Waals surface area (Å²) < 4.78 is 1.24. The number of rotatable bonds is 5. The van der Waals surface area contributed by atoms with E-state index in [4.69, 9.17) is 0 Å². The molecule has 5 heteroatoms. The van der Waals surface area contributed by atoms with Crippen molar-refractivity contribution in [1.82, 2.24) is 0 Å². The van der Waals surface area contributed by atoms with Crippen molar-refractivity contribution in [2.45, 2.75) is 0 Å². The molecule has 4 aromatic rings. The molecule has 0 saturated heterocycles. The van der Waals surface area contributed by atoms with Crippen LogP contribution in [0.5, 0.6) is 0 Å². The number of aromatic carboxylic acids is 1. The van der Waals surface area contributed by atoms with Crippen molar-refractivity contribution in [3.05, 3.63) is 100 Å². The highest BCUT2D eigenvalue weighted by molar-refractivity contribution is 7.17. The minimum atomic E-state index is -1.09. The van der Waals surface area contributed by atoms with Crippen LogP contribution in [0.3, 0.4) is 0 Å². The molecule has 1 amide bonds. The summed E-state index contributed by atoms with van der Waals surface area (Å²) in [7, 11) is 0. The van der Waals surface area contributed by atoms with Crippen LogP contribution < -0.4 is 5.32 Å². The average molecular weight is 399 g/mol. The Morgan fingerprint density at radius 1 is 0.862 bits per heavy atom. The van der Waals surface area contributed by atoms with E-state index < -0.39 is 5.97 Å². The number of anilines is 1. The Kier molecular flexibility index (Phi) is 5.22. The quantitative estimate of drug-likeness (QED) is 0.403. The lowest BCUT2D eigenvalue weighted by molar-refractivity contribution is 0.0698. The summed E-state index contributed by atoms with van der Waals surface area (Å²) in [6, 6.07) is 21.9. The molecule has 29 heavy (non-hydrogen) atoms. The Morgan fingerprint density at radius 2 is 1.59 bits per heavy atom. The molecule has 4 nitrogen and oxygen atoms in total. The third kappa shape index (κ3) is 4.25. The number of nitrogens with one attached hydrogen (secondary N) is 1. The molecule has 0 aliphatic rings. The van der Waals surface area contributed by atoms with Crippen LogP contribution in [0.4, 0.5) is 5.69 Å². The zero-order valence-electron chi connectivity index (χ0n) is 15.3. The second-order valence-corrected chi connectivity index (χ2v) is 7.43. The highest BCUT2D eigenvalue weighted by atomic mass is 32.1. The predicted molar refractivity (Wildman–Crippen MR) is 119 cm³/mol. The van der Waals surface area contributed by atoms with Gasteiger partial charge in [0, 0.05) is 10.3 Å². The molecule has 0 unspecified atom stereocenters. The monoisotopic (exact) mass is 399 g/mol. The normalized spacial score (nSPS) is 11.0. The molecule has 0 aliphatic heterocycles. The molecule has 0 saturated carbocycles. The first-order valence-electron chi connectivity index (χ1n) is 8.99. The van der Waals surface area contributed by atoms with E-state index in [1.807, 2.05) is 24.3 Å². The molecular formula is C24H17NO3S. The number of carbonyl (C=O) groups excluding carboxylic acids is 1. The van der Waals surface area contributed by atoms with Gasteiger partial charge < -0.3 is 10.4 Å². The lowest BCUT2D eigenvalue weighted by Gasteiger charge is -2.10. The average Bonchev–Trinajstić information content (AvgIpc) is 3.20. The second kappa shape index (κ2) is 8.12. The Bertz CT molecular complexity index is 1230. The zero-order chi connectivity index (χ0) is 20.2. The molecule has 0 aliphatic carbocycles. The molecule has 0 bridgehead atoms. The van der Waals surface area contributed by atoms with Gasteiger partial charge in [-0.3, -0.25) is 4.79 Å². The Hall–Kier alpha value is -3.70. The predicted octanol–water partition coefficient (Wildman–Crippen LogP) is 6.02. The van der Waals surface area contributed by atoms with Gasteiger partial charge in [0.15, 0.2) is 0 Å². The van der Waals surface area contributed by atoms with Crippen molar-refractivity contribution in [1.29, 1.82) is 0 Å². The molecule has 0 fully saturated rings. The van der Waals surface area contributed by atoms with Crippen LogP contribution in [0, 0.1) is 0 Å². The van der Waals surface area contributed by atoms with Crippen molar-refractivity contribution < 1.29 is 14.7 Å². The molecule has 0 spiro atoms. The third-order valence-electron chi connectivity index (χ3n) is 4.50. The minimum absolute atomic E-state index is 0.0473. The maximum absolute atomic E-state index is 12.5. The van der Waals surface area contributed by atoms with E-state index in [0.717, 1.165) is 11.1 Å². The number of carboxylic acids is 1. The summed E-state index contributed by atoms with van der Waals surface area (Å²) in [5, 5.41) is 15.4. The molecule has 142 valence electrons. The highest BCUT2D eigenvalue weighted by Crippen LogP contribution is 2.24. The van der Waals surface area contributed by atoms with Crippen molar-refractivity contribution in [3.8, 4) is 0 Å². The van der Waals surface area contributed by atoms with Crippen LogP contribution in [-0.4, -0.2) is 17.0 Å². The van der Waals surface area contributed by atoms with Gasteiger partial charge in [-0.2, -0.15) is 0 Å². The first kappa shape index (κ1) is 18.7. The summed E-state index contributed by atoms with van der Waals surface area (Å²) in [6.45, 7) is 0. The number of hydrogen-bond donors (Lipinski definition) is 2. The van der Waals surface area contributed by atoms with Crippen LogP contribution >= 0.6 is 11.3 Å². The van der Waals surface area contributed by atoms with Gasteiger partial charge in [0.05, 0.1) is 11.3 Å². The van der Waals surface area contributed by atoms with Crippen LogP contribution in [0.15, 0.2) is 78.2 Å². The van der Waals surface area contributed by atoms with E-state index in [9.17, 15) is 14.7 Å².